The van der Waals surface area contributed by atoms with Crippen LogP contribution >= 0.6 is 23.2 Å². The first kappa shape index (κ1) is 14.0. The zero-order chi connectivity index (χ0) is 13.0. The summed E-state index contributed by atoms with van der Waals surface area (Å²) < 4.78 is 6.05. The Morgan fingerprint density at radius 2 is 1.94 bits per heavy atom. The molecule has 0 amide bonds. The minimum Gasteiger partial charge on any atom is -0.488 e. The second-order valence-electron chi connectivity index (χ2n) is 4.84. The Hall–Kier alpha value is -0.440. The molecule has 0 bridgehead atoms. The quantitative estimate of drug-likeness (QED) is 0.842. The average molecular weight is 288 g/mol. The molecule has 2 rings (SSSR count). The summed E-state index contributed by atoms with van der Waals surface area (Å²) in [5.41, 5.74) is 5.85. The van der Waals surface area contributed by atoms with Crippen LogP contribution in [-0.2, 0) is 0 Å². The fourth-order valence-electron chi connectivity index (χ4n) is 2.51. The van der Waals surface area contributed by atoms with Crippen molar-refractivity contribution in [2.45, 2.75) is 38.2 Å². The van der Waals surface area contributed by atoms with Gasteiger partial charge in [0.15, 0.2) is 0 Å². The molecule has 2 nitrogen and oxygen atoms in total. The molecule has 0 spiro atoms. The van der Waals surface area contributed by atoms with Crippen LogP contribution in [0.5, 0.6) is 5.75 Å². The van der Waals surface area contributed by atoms with Crippen LogP contribution in [0.2, 0.25) is 10.0 Å². The smallest absolute Gasteiger partial charge is 0.139 e. The molecule has 2 unspecified atom stereocenters. The first-order valence-corrected chi connectivity index (χ1v) is 7.28. The van der Waals surface area contributed by atoms with E-state index in [9.17, 15) is 0 Å². The van der Waals surface area contributed by atoms with Gasteiger partial charge in [0.25, 0.3) is 0 Å². The van der Waals surface area contributed by atoms with Crippen molar-refractivity contribution in [1.29, 1.82) is 0 Å². The van der Waals surface area contributed by atoms with Gasteiger partial charge in [-0.15, -0.1) is 0 Å². The predicted molar refractivity (Wildman–Crippen MR) is 76.5 cm³/mol. The first-order valence-electron chi connectivity index (χ1n) is 6.53. The summed E-state index contributed by atoms with van der Waals surface area (Å²) in [5.74, 6) is 1.09. The maximum atomic E-state index is 6.16. The van der Waals surface area contributed by atoms with E-state index in [1.54, 1.807) is 6.07 Å². The normalized spacial score (nSPS) is 24.6. The molecule has 0 aliphatic heterocycles. The number of ether oxygens (including phenoxy) is 1. The first-order chi connectivity index (χ1) is 8.72. The third-order valence-electron chi connectivity index (χ3n) is 3.59. The molecule has 1 aliphatic rings. The van der Waals surface area contributed by atoms with Crippen molar-refractivity contribution in [2.75, 3.05) is 6.54 Å². The van der Waals surface area contributed by atoms with Gasteiger partial charge in [-0.1, -0.05) is 42.1 Å². The highest BCUT2D eigenvalue weighted by molar-refractivity contribution is 6.42. The van der Waals surface area contributed by atoms with E-state index in [-0.39, 0.29) is 6.10 Å². The minimum absolute atomic E-state index is 0.161. The van der Waals surface area contributed by atoms with E-state index in [2.05, 4.69) is 0 Å². The zero-order valence-corrected chi connectivity index (χ0v) is 11.9. The Balaban J connectivity index is 2.12. The molecule has 0 saturated heterocycles. The highest BCUT2D eigenvalue weighted by Crippen LogP contribution is 2.34. The Morgan fingerprint density at radius 3 is 2.72 bits per heavy atom. The number of benzene rings is 1. The van der Waals surface area contributed by atoms with E-state index >= 15 is 0 Å². The molecule has 0 heterocycles. The maximum absolute atomic E-state index is 6.16. The zero-order valence-electron chi connectivity index (χ0n) is 10.4. The van der Waals surface area contributed by atoms with E-state index < -0.39 is 0 Å². The largest absolute Gasteiger partial charge is 0.488 e. The molecule has 2 N–H and O–H groups in total. The molecule has 1 aromatic carbocycles. The van der Waals surface area contributed by atoms with Crippen molar-refractivity contribution in [2.24, 2.45) is 11.7 Å². The summed E-state index contributed by atoms with van der Waals surface area (Å²) in [6.45, 7) is 0.669. The molecule has 18 heavy (non-hydrogen) atoms. The van der Waals surface area contributed by atoms with Gasteiger partial charge in [0.05, 0.1) is 5.02 Å². The third kappa shape index (κ3) is 3.31. The number of rotatable bonds is 3. The Labute approximate surface area is 118 Å². The number of hydrogen-bond donors (Lipinski definition) is 1. The maximum Gasteiger partial charge on any atom is 0.139 e. The van der Waals surface area contributed by atoms with Gasteiger partial charge >= 0.3 is 0 Å². The summed E-state index contributed by atoms with van der Waals surface area (Å²) >= 11 is 12.2. The van der Waals surface area contributed by atoms with Crippen LogP contribution in [0.15, 0.2) is 18.2 Å². The van der Waals surface area contributed by atoms with Crippen molar-refractivity contribution in [3.8, 4) is 5.75 Å². The summed E-state index contributed by atoms with van der Waals surface area (Å²) in [6.07, 6.45) is 6.04. The van der Waals surface area contributed by atoms with Crippen LogP contribution in [0.3, 0.4) is 0 Å². The van der Waals surface area contributed by atoms with Crippen LogP contribution in [0.1, 0.15) is 32.1 Å². The summed E-state index contributed by atoms with van der Waals surface area (Å²) in [4.78, 5) is 0. The Bertz CT molecular complexity index is 397. The minimum atomic E-state index is 0.161. The second kappa shape index (κ2) is 6.65. The molecule has 1 fully saturated rings. The molecule has 1 aliphatic carbocycles. The number of hydrogen-bond acceptors (Lipinski definition) is 2. The molecule has 4 heteroatoms. The highest BCUT2D eigenvalue weighted by atomic mass is 35.5. The van der Waals surface area contributed by atoms with Crippen LogP contribution in [0.25, 0.3) is 0 Å². The molecular formula is C14H19Cl2NO. The van der Waals surface area contributed by atoms with Gasteiger partial charge < -0.3 is 10.5 Å². The predicted octanol–water partition coefficient (Wildman–Crippen LogP) is 4.28. The van der Waals surface area contributed by atoms with Gasteiger partial charge in [-0.3, -0.25) is 0 Å². The van der Waals surface area contributed by atoms with E-state index in [1.165, 1.54) is 19.3 Å². The highest BCUT2D eigenvalue weighted by Gasteiger charge is 2.25. The van der Waals surface area contributed by atoms with Gasteiger partial charge in [-0.25, -0.2) is 0 Å². The summed E-state index contributed by atoms with van der Waals surface area (Å²) in [7, 11) is 0. The van der Waals surface area contributed by atoms with Crippen LogP contribution < -0.4 is 10.5 Å². The summed E-state index contributed by atoms with van der Waals surface area (Å²) in [6, 6.07) is 5.49. The second-order valence-corrected chi connectivity index (χ2v) is 5.63. The fourth-order valence-corrected chi connectivity index (χ4v) is 2.85. The average Bonchev–Trinajstić information content (AvgIpc) is 2.60. The van der Waals surface area contributed by atoms with E-state index in [1.807, 2.05) is 12.1 Å². The van der Waals surface area contributed by atoms with Crippen LogP contribution in [0.4, 0.5) is 0 Å². The van der Waals surface area contributed by atoms with Gasteiger partial charge in [-0.2, -0.15) is 0 Å². The van der Waals surface area contributed by atoms with Crippen LogP contribution in [-0.4, -0.2) is 12.6 Å². The molecule has 1 saturated carbocycles. The van der Waals surface area contributed by atoms with Crippen molar-refractivity contribution in [3.05, 3.63) is 28.2 Å². The van der Waals surface area contributed by atoms with Crippen molar-refractivity contribution in [3.63, 3.8) is 0 Å². The lowest BCUT2D eigenvalue weighted by atomic mass is 9.97. The van der Waals surface area contributed by atoms with Gasteiger partial charge in [0, 0.05) is 5.92 Å². The molecule has 100 valence electrons. The summed E-state index contributed by atoms with van der Waals surface area (Å²) in [5, 5.41) is 1.03. The van der Waals surface area contributed by atoms with Crippen molar-refractivity contribution < 1.29 is 4.74 Å². The van der Waals surface area contributed by atoms with Crippen molar-refractivity contribution >= 4 is 23.2 Å². The van der Waals surface area contributed by atoms with E-state index in [0.717, 1.165) is 12.8 Å². The monoisotopic (exact) mass is 287 g/mol. The Kier molecular flexibility index (Phi) is 5.16. The lowest BCUT2D eigenvalue weighted by Gasteiger charge is -2.25. The lowest BCUT2D eigenvalue weighted by molar-refractivity contribution is 0.130. The van der Waals surface area contributed by atoms with Gasteiger partial charge in [0.1, 0.15) is 16.9 Å². The third-order valence-corrected chi connectivity index (χ3v) is 4.39. The topological polar surface area (TPSA) is 35.2 Å². The van der Waals surface area contributed by atoms with Crippen LogP contribution in [0, 0.1) is 5.92 Å². The Morgan fingerprint density at radius 1 is 1.17 bits per heavy atom. The molecular weight excluding hydrogens is 269 g/mol. The molecule has 0 radical (unpaired) electrons. The van der Waals surface area contributed by atoms with Gasteiger partial charge in [-0.05, 0) is 37.9 Å². The molecule has 1 aromatic rings. The fraction of sp³-hybridized carbons (Fsp3) is 0.571. The van der Waals surface area contributed by atoms with E-state index in [0.29, 0.717) is 28.3 Å². The number of nitrogens with two attached hydrogens (primary N) is 1. The standard InChI is InChI=1S/C14H19Cl2NO/c15-11-6-4-8-13(14(11)16)18-12-7-3-1-2-5-10(12)9-17/h4,6,8,10,12H,1-3,5,7,9,17H2. The van der Waals surface area contributed by atoms with Gasteiger partial charge in [0.2, 0.25) is 0 Å². The van der Waals surface area contributed by atoms with Crippen molar-refractivity contribution in [1.82, 2.24) is 0 Å². The number of halogens is 2. The SMILES string of the molecule is NCC1CCCCCC1Oc1cccc(Cl)c1Cl. The van der Waals surface area contributed by atoms with E-state index in [4.69, 9.17) is 33.7 Å². The lowest BCUT2D eigenvalue weighted by Crippen LogP contribution is -2.31. The molecule has 2 atom stereocenters. The molecule has 0 aromatic heterocycles.